The lowest BCUT2D eigenvalue weighted by atomic mass is 10.1. The van der Waals surface area contributed by atoms with Gasteiger partial charge >= 0.3 is 5.97 Å². The van der Waals surface area contributed by atoms with Crippen LogP contribution in [0.1, 0.15) is 21.6 Å². The van der Waals surface area contributed by atoms with Gasteiger partial charge in [-0.2, -0.15) is 0 Å². The topological polar surface area (TPSA) is 96.4 Å². The molecule has 0 bridgehead atoms. The number of nitrogens with zero attached hydrogens (tertiary/aromatic N) is 1. The fraction of sp³-hybridized carbons (Fsp3) is 0.167. The Balaban J connectivity index is 2.44. The van der Waals surface area contributed by atoms with Crippen LogP contribution in [0.4, 0.5) is 5.69 Å². The molecule has 1 aromatic carbocycles. The van der Waals surface area contributed by atoms with E-state index in [2.05, 4.69) is 9.71 Å². The summed E-state index contributed by atoms with van der Waals surface area (Å²) in [5.74, 6) is -1.37. The maximum atomic E-state index is 12.2. The van der Waals surface area contributed by atoms with Crippen LogP contribution in [0.2, 0.25) is 0 Å². The number of aromatic nitrogens is 1. The zero-order valence-electron chi connectivity index (χ0n) is 10.7. The largest absolute Gasteiger partial charge is 0.476 e. The highest BCUT2D eigenvalue weighted by Crippen LogP contribution is 2.25. The number of benzene rings is 1. The van der Waals surface area contributed by atoms with Crippen LogP contribution in [0.25, 0.3) is 0 Å². The van der Waals surface area contributed by atoms with Crippen molar-refractivity contribution in [1.29, 1.82) is 0 Å². The number of aromatic carboxylic acids is 1. The summed E-state index contributed by atoms with van der Waals surface area (Å²) in [6, 6.07) is 5.34. The van der Waals surface area contributed by atoms with Crippen LogP contribution in [0, 0.1) is 13.8 Å². The Morgan fingerprint density at radius 3 is 2.70 bits per heavy atom. The van der Waals surface area contributed by atoms with Crippen molar-refractivity contribution in [1.82, 2.24) is 4.98 Å². The van der Waals surface area contributed by atoms with Gasteiger partial charge in [0.1, 0.15) is 0 Å². The highest BCUT2D eigenvalue weighted by atomic mass is 32.2. The van der Waals surface area contributed by atoms with Gasteiger partial charge in [-0.1, -0.05) is 12.1 Å². The summed E-state index contributed by atoms with van der Waals surface area (Å²) in [5.41, 5.74) is 2.81. The molecule has 8 heteroatoms. The Bertz CT molecular complexity index is 766. The third-order valence-electron chi connectivity index (χ3n) is 2.62. The maximum Gasteiger partial charge on any atom is 0.356 e. The number of rotatable bonds is 4. The number of hydrogen-bond donors (Lipinski definition) is 2. The normalized spacial score (nSPS) is 11.3. The second-order valence-electron chi connectivity index (χ2n) is 4.22. The van der Waals surface area contributed by atoms with Gasteiger partial charge in [-0.25, -0.2) is 18.2 Å². The number of sulfonamides is 1. The van der Waals surface area contributed by atoms with E-state index < -0.39 is 21.7 Å². The summed E-state index contributed by atoms with van der Waals surface area (Å²) in [6.45, 7) is 3.61. The zero-order valence-corrected chi connectivity index (χ0v) is 12.4. The lowest BCUT2D eigenvalue weighted by Crippen LogP contribution is -2.16. The first-order valence-corrected chi connectivity index (χ1v) is 7.94. The van der Waals surface area contributed by atoms with E-state index >= 15 is 0 Å². The van der Waals surface area contributed by atoms with Crippen molar-refractivity contribution in [2.45, 2.75) is 18.1 Å². The molecule has 20 heavy (non-hydrogen) atoms. The van der Waals surface area contributed by atoms with Crippen LogP contribution in [0.5, 0.6) is 0 Å². The van der Waals surface area contributed by atoms with Gasteiger partial charge in [0, 0.05) is 0 Å². The molecule has 0 spiro atoms. The second-order valence-corrected chi connectivity index (χ2v) is 6.95. The van der Waals surface area contributed by atoms with E-state index in [-0.39, 0.29) is 4.21 Å². The van der Waals surface area contributed by atoms with Gasteiger partial charge < -0.3 is 5.11 Å². The summed E-state index contributed by atoms with van der Waals surface area (Å²) in [7, 11) is -3.96. The Morgan fingerprint density at radius 2 is 2.05 bits per heavy atom. The number of hydrogen-bond acceptors (Lipinski definition) is 5. The van der Waals surface area contributed by atoms with Gasteiger partial charge in [-0.15, -0.1) is 11.3 Å². The molecule has 0 atom stereocenters. The maximum absolute atomic E-state index is 12.2. The highest BCUT2D eigenvalue weighted by Gasteiger charge is 2.26. The molecule has 0 radical (unpaired) electrons. The molecule has 0 saturated heterocycles. The van der Waals surface area contributed by atoms with Crippen LogP contribution in [0.3, 0.4) is 0 Å². The lowest BCUT2D eigenvalue weighted by Gasteiger charge is -2.10. The van der Waals surface area contributed by atoms with E-state index in [1.807, 2.05) is 13.0 Å². The Kier molecular flexibility index (Phi) is 3.78. The first kappa shape index (κ1) is 14.5. The highest BCUT2D eigenvalue weighted by molar-refractivity contribution is 7.94. The van der Waals surface area contributed by atoms with Gasteiger partial charge in [0.15, 0.2) is 9.90 Å². The number of anilines is 1. The molecule has 0 aliphatic heterocycles. The van der Waals surface area contributed by atoms with E-state index in [4.69, 9.17) is 5.11 Å². The number of nitrogens with one attached hydrogen (secondary N) is 1. The van der Waals surface area contributed by atoms with Gasteiger partial charge in [0.2, 0.25) is 0 Å². The standard InChI is InChI=1S/C12H12N2O4S2/c1-7-3-4-8(2)9(5-7)14-20(17,18)12-10(11(15)16)13-6-19-12/h3-6,14H,1-2H3,(H,15,16). The molecular formula is C12H12N2O4S2. The molecular weight excluding hydrogens is 300 g/mol. The lowest BCUT2D eigenvalue weighted by molar-refractivity contribution is 0.0687. The third-order valence-corrected chi connectivity index (χ3v) is 5.35. The quantitative estimate of drug-likeness (QED) is 0.902. The fourth-order valence-corrected chi connectivity index (χ4v) is 3.87. The Morgan fingerprint density at radius 1 is 1.35 bits per heavy atom. The molecule has 1 aromatic heterocycles. The number of aryl methyl sites for hydroxylation is 2. The molecule has 2 aromatic rings. The minimum atomic E-state index is -3.96. The molecule has 0 amide bonds. The van der Waals surface area contributed by atoms with Crippen molar-refractivity contribution >= 4 is 33.0 Å². The van der Waals surface area contributed by atoms with Crippen LogP contribution in [-0.2, 0) is 10.0 Å². The van der Waals surface area contributed by atoms with Crippen LogP contribution < -0.4 is 4.72 Å². The van der Waals surface area contributed by atoms with Gasteiger partial charge in [-0.3, -0.25) is 4.72 Å². The average molecular weight is 312 g/mol. The molecule has 0 aliphatic carbocycles. The predicted octanol–water partition coefficient (Wildman–Crippen LogP) is 2.26. The molecule has 0 saturated carbocycles. The molecule has 1 heterocycles. The molecule has 106 valence electrons. The summed E-state index contributed by atoms with van der Waals surface area (Å²) >= 11 is 0.772. The Labute approximate surface area is 120 Å². The molecule has 0 aliphatic rings. The fourth-order valence-electron chi connectivity index (χ4n) is 1.61. The monoisotopic (exact) mass is 312 g/mol. The van der Waals surface area contributed by atoms with Crippen LogP contribution >= 0.6 is 11.3 Å². The van der Waals surface area contributed by atoms with E-state index in [0.717, 1.165) is 22.5 Å². The molecule has 2 N–H and O–H groups in total. The van der Waals surface area contributed by atoms with Crippen molar-refractivity contribution in [3.05, 3.63) is 40.5 Å². The number of carbonyl (C=O) groups is 1. The SMILES string of the molecule is Cc1ccc(C)c(NS(=O)(=O)c2scnc2C(=O)O)c1. The van der Waals surface area contributed by atoms with E-state index in [1.54, 1.807) is 19.1 Å². The van der Waals surface area contributed by atoms with Gasteiger partial charge in [0.05, 0.1) is 11.2 Å². The molecule has 6 nitrogen and oxygen atoms in total. The molecule has 2 rings (SSSR count). The zero-order chi connectivity index (χ0) is 14.9. The number of carboxylic acid groups (broad SMARTS) is 1. The van der Waals surface area contributed by atoms with Crippen molar-refractivity contribution in [3.8, 4) is 0 Å². The summed E-state index contributed by atoms with van der Waals surface area (Å²) in [4.78, 5) is 14.5. The van der Waals surface area contributed by atoms with Crippen molar-refractivity contribution in [2.24, 2.45) is 0 Å². The predicted molar refractivity (Wildman–Crippen MR) is 75.8 cm³/mol. The van der Waals surface area contributed by atoms with E-state index in [0.29, 0.717) is 5.69 Å². The smallest absolute Gasteiger partial charge is 0.356 e. The minimum absolute atomic E-state index is 0.300. The van der Waals surface area contributed by atoms with Crippen LogP contribution in [0.15, 0.2) is 27.9 Å². The summed E-state index contributed by atoms with van der Waals surface area (Å²) in [5, 5.41) is 8.93. The number of carboxylic acids is 1. The van der Waals surface area contributed by atoms with E-state index in [1.165, 1.54) is 5.51 Å². The second kappa shape index (κ2) is 5.22. The first-order chi connectivity index (χ1) is 9.31. The van der Waals surface area contributed by atoms with Crippen molar-refractivity contribution in [3.63, 3.8) is 0 Å². The van der Waals surface area contributed by atoms with E-state index in [9.17, 15) is 13.2 Å². The first-order valence-electron chi connectivity index (χ1n) is 5.58. The average Bonchev–Trinajstić information content (AvgIpc) is 2.83. The summed E-state index contributed by atoms with van der Waals surface area (Å²) < 4.78 is 26.6. The third kappa shape index (κ3) is 2.81. The Hall–Kier alpha value is -1.93. The summed E-state index contributed by atoms with van der Waals surface area (Å²) in [6.07, 6.45) is 0. The number of thiazole rings is 1. The van der Waals surface area contributed by atoms with Crippen molar-refractivity contribution in [2.75, 3.05) is 4.72 Å². The minimum Gasteiger partial charge on any atom is -0.476 e. The molecule has 0 fully saturated rings. The van der Waals surface area contributed by atoms with Crippen LogP contribution in [-0.4, -0.2) is 24.5 Å². The van der Waals surface area contributed by atoms with Gasteiger partial charge in [-0.05, 0) is 31.0 Å². The van der Waals surface area contributed by atoms with Crippen molar-refractivity contribution < 1.29 is 18.3 Å². The van der Waals surface area contributed by atoms with Gasteiger partial charge in [0.25, 0.3) is 10.0 Å². The molecule has 0 unspecified atom stereocenters.